The second kappa shape index (κ2) is 5.59. The Kier molecular flexibility index (Phi) is 4.50. The van der Waals surface area contributed by atoms with Crippen LogP contribution < -0.4 is 10.5 Å². The van der Waals surface area contributed by atoms with E-state index in [0.29, 0.717) is 5.69 Å². The standard InChI is InChI=1S/C10H16N4O5S/c1-5-9(6(2)14(3)12-5)20(18,19)13-7(10(16)17)4-8(11)15/h7,13H,4H2,1-3H3,(H2,11,15)(H,16,17)/t7-/m1/s1. The van der Waals surface area contributed by atoms with Crippen LogP contribution in [0.3, 0.4) is 0 Å². The van der Waals surface area contributed by atoms with Gasteiger partial charge in [0.1, 0.15) is 10.9 Å². The van der Waals surface area contributed by atoms with Crippen molar-refractivity contribution in [3.63, 3.8) is 0 Å². The highest BCUT2D eigenvalue weighted by molar-refractivity contribution is 7.89. The van der Waals surface area contributed by atoms with Gasteiger partial charge in [0, 0.05) is 7.05 Å². The zero-order valence-electron chi connectivity index (χ0n) is 11.2. The van der Waals surface area contributed by atoms with Crippen LogP contribution in [0.5, 0.6) is 0 Å². The van der Waals surface area contributed by atoms with Crippen LogP contribution in [-0.4, -0.2) is 41.2 Å². The van der Waals surface area contributed by atoms with Gasteiger partial charge >= 0.3 is 5.97 Å². The Labute approximate surface area is 115 Å². The average molecular weight is 304 g/mol. The Hall–Kier alpha value is -1.94. The van der Waals surface area contributed by atoms with Crippen LogP contribution in [0.25, 0.3) is 0 Å². The molecule has 0 bridgehead atoms. The van der Waals surface area contributed by atoms with Gasteiger partial charge in [-0.25, -0.2) is 8.42 Å². The van der Waals surface area contributed by atoms with E-state index in [1.807, 2.05) is 4.72 Å². The molecule has 0 spiro atoms. The molecule has 0 fully saturated rings. The highest BCUT2D eigenvalue weighted by atomic mass is 32.2. The van der Waals surface area contributed by atoms with Crippen LogP contribution in [0.15, 0.2) is 4.90 Å². The lowest BCUT2D eigenvalue weighted by Gasteiger charge is -2.13. The second-order valence-corrected chi connectivity index (χ2v) is 5.96. The minimum atomic E-state index is -4.11. The first-order valence-corrected chi connectivity index (χ1v) is 7.08. The van der Waals surface area contributed by atoms with E-state index in [1.165, 1.54) is 11.6 Å². The van der Waals surface area contributed by atoms with Crippen LogP contribution in [-0.2, 0) is 26.7 Å². The highest BCUT2D eigenvalue weighted by Gasteiger charge is 2.30. The summed E-state index contributed by atoms with van der Waals surface area (Å²) in [6, 6.07) is -1.61. The van der Waals surface area contributed by atoms with Crippen molar-refractivity contribution >= 4 is 21.9 Å². The van der Waals surface area contributed by atoms with Gasteiger partial charge < -0.3 is 10.8 Å². The Morgan fingerprint density at radius 1 is 1.45 bits per heavy atom. The molecular formula is C10H16N4O5S. The Bertz CT molecular complexity index is 649. The number of aromatic nitrogens is 2. The molecule has 1 rings (SSSR count). The number of nitrogens with zero attached hydrogens (tertiary/aromatic N) is 2. The summed E-state index contributed by atoms with van der Waals surface area (Å²) < 4.78 is 27.7. The van der Waals surface area contributed by atoms with Crippen LogP contribution in [0.2, 0.25) is 0 Å². The van der Waals surface area contributed by atoms with E-state index in [0.717, 1.165) is 0 Å². The van der Waals surface area contributed by atoms with Gasteiger partial charge in [0.25, 0.3) is 0 Å². The number of nitrogens with two attached hydrogens (primary N) is 1. The van der Waals surface area contributed by atoms with Gasteiger partial charge in [-0.15, -0.1) is 0 Å². The molecule has 0 saturated heterocycles. The number of hydrogen-bond donors (Lipinski definition) is 3. The quantitative estimate of drug-likeness (QED) is 0.592. The van der Waals surface area contributed by atoms with Crippen molar-refractivity contribution < 1.29 is 23.1 Å². The third kappa shape index (κ3) is 3.33. The van der Waals surface area contributed by atoms with Crippen LogP contribution in [0, 0.1) is 13.8 Å². The van der Waals surface area contributed by atoms with Crippen LogP contribution in [0.1, 0.15) is 17.8 Å². The Balaban J connectivity index is 3.16. The van der Waals surface area contributed by atoms with Crippen molar-refractivity contribution in [2.24, 2.45) is 12.8 Å². The van der Waals surface area contributed by atoms with Gasteiger partial charge in [-0.05, 0) is 13.8 Å². The largest absolute Gasteiger partial charge is 0.480 e. The maximum absolute atomic E-state index is 12.2. The molecule has 4 N–H and O–H groups in total. The van der Waals surface area contributed by atoms with Crippen molar-refractivity contribution in [3.8, 4) is 0 Å². The molecule has 1 atom stereocenters. The highest BCUT2D eigenvalue weighted by Crippen LogP contribution is 2.18. The third-order valence-electron chi connectivity index (χ3n) is 2.71. The minimum absolute atomic E-state index is 0.101. The fourth-order valence-electron chi connectivity index (χ4n) is 1.77. The Morgan fingerprint density at radius 2 is 2.00 bits per heavy atom. The predicted molar refractivity (Wildman–Crippen MR) is 68.2 cm³/mol. The number of primary amides is 1. The zero-order chi connectivity index (χ0) is 15.7. The lowest BCUT2D eigenvalue weighted by molar-refractivity contribution is -0.140. The van der Waals surface area contributed by atoms with E-state index in [1.54, 1.807) is 14.0 Å². The molecule has 1 amide bonds. The van der Waals surface area contributed by atoms with Crippen molar-refractivity contribution in [1.29, 1.82) is 0 Å². The smallest absolute Gasteiger partial charge is 0.322 e. The van der Waals surface area contributed by atoms with Gasteiger partial charge in [-0.1, -0.05) is 0 Å². The number of aliphatic carboxylic acids is 1. The number of carbonyl (C=O) groups is 2. The van der Waals surface area contributed by atoms with Gasteiger partial charge in [0.15, 0.2) is 0 Å². The number of rotatable bonds is 6. The number of carboxylic acids is 1. The summed E-state index contributed by atoms with van der Waals surface area (Å²) in [6.45, 7) is 3.03. The first-order chi connectivity index (χ1) is 9.06. The maximum atomic E-state index is 12.2. The summed E-state index contributed by atoms with van der Waals surface area (Å²) in [6.07, 6.45) is -0.632. The number of nitrogens with one attached hydrogen (secondary N) is 1. The first kappa shape index (κ1) is 16.1. The van der Waals surface area contributed by atoms with Crippen molar-refractivity contribution in [3.05, 3.63) is 11.4 Å². The first-order valence-electron chi connectivity index (χ1n) is 5.60. The molecule has 1 heterocycles. The predicted octanol–water partition coefficient (Wildman–Crippen LogP) is -1.36. The van der Waals surface area contributed by atoms with E-state index >= 15 is 0 Å². The SMILES string of the molecule is Cc1nn(C)c(C)c1S(=O)(=O)N[C@H](CC(N)=O)C(=O)O. The van der Waals surface area contributed by atoms with Gasteiger partial charge in [-0.3, -0.25) is 14.3 Å². The zero-order valence-corrected chi connectivity index (χ0v) is 12.1. The summed E-state index contributed by atoms with van der Waals surface area (Å²) in [5, 5.41) is 12.9. The molecular weight excluding hydrogens is 288 g/mol. The van der Waals surface area contributed by atoms with Gasteiger partial charge in [0.2, 0.25) is 15.9 Å². The molecule has 0 radical (unpaired) electrons. The topological polar surface area (TPSA) is 144 Å². The second-order valence-electron chi connectivity index (χ2n) is 4.31. The fraction of sp³-hybridized carbons (Fsp3) is 0.500. The number of amides is 1. The number of carboxylic acid groups (broad SMARTS) is 1. The van der Waals surface area contributed by atoms with Crippen molar-refractivity contribution in [1.82, 2.24) is 14.5 Å². The summed E-state index contributed by atoms with van der Waals surface area (Å²) in [4.78, 5) is 21.6. The number of hydrogen-bond acceptors (Lipinski definition) is 5. The number of sulfonamides is 1. The maximum Gasteiger partial charge on any atom is 0.322 e. The van der Waals surface area contributed by atoms with Crippen molar-refractivity contribution in [2.75, 3.05) is 0 Å². The van der Waals surface area contributed by atoms with Gasteiger partial charge in [0.05, 0.1) is 17.8 Å². The molecule has 10 heteroatoms. The average Bonchev–Trinajstić information content (AvgIpc) is 2.51. The molecule has 20 heavy (non-hydrogen) atoms. The lowest BCUT2D eigenvalue weighted by atomic mass is 10.2. The van der Waals surface area contributed by atoms with E-state index in [9.17, 15) is 18.0 Å². The van der Waals surface area contributed by atoms with Crippen LogP contribution in [0.4, 0.5) is 0 Å². The van der Waals surface area contributed by atoms with Gasteiger partial charge in [-0.2, -0.15) is 9.82 Å². The Morgan fingerprint density at radius 3 is 2.35 bits per heavy atom. The molecule has 0 aliphatic carbocycles. The third-order valence-corrected chi connectivity index (χ3v) is 4.44. The molecule has 0 unspecified atom stereocenters. The molecule has 1 aromatic rings. The molecule has 0 aromatic carbocycles. The van der Waals surface area contributed by atoms with Crippen molar-refractivity contribution in [2.45, 2.75) is 31.2 Å². The normalized spacial score (nSPS) is 13.2. The molecule has 0 saturated carbocycles. The summed E-state index contributed by atoms with van der Waals surface area (Å²) in [7, 11) is -2.54. The number of aryl methyl sites for hydroxylation is 2. The summed E-state index contributed by atoms with van der Waals surface area (Å²) in [5.41, 5.74) is 5.50. The molecule has 9 nitrogen and oxygen atoms in total. The molecule has 112 valence electrons. The van der Waals surface area contributed by atoms with E-state index in [2.05, 4.69) is 5.10 Å². The monoisotopic (exact) mass is 304 g/mol. The molecule has 1 aromatic heterocycles. The van der Waals surface area contributed by atoms with Crippen LogP contribution >= 0.6 is 0 Å². The van der Waals surface area contributed by atoms with E-state index < -0.39 is 34.4 Å². The summed E-state index contributed by atoms with van der Waals surface area (Å²) in [5.74, 6) is -2.40. The fourth-order valence-corrected chi connectivity index (χ4v) is 3.40. The number of carbonyl (C=O) groups excluding carboxylic acids is 1. The van der Waals surface area contributed by atoms with E-state index in [4.69, 9.17) is 10.8 Å². The molecule has 0 aliphatic rings. The summed E-state index contributed by atoms with van der Waals surface area (Å²) >= 11 is 0. The molecule has 0 aliphatic heterocycles. The lowest BCUT2D eigenvalue weighted by Crippen LogP contribution is -2.43. The minimum Gasteiger partial charge on any atom is -0.480 e. The van der Waals surface area contributed by atoms with E-state index in [-0.39, 0.29) is 10.6 Å².